The van der Waals surface area contributed by atoms with Crippen LogP contribution in [0.25, 0.3) is 0 Å². The van der Waals surface area contributed by atoms with E-state index in [9.17, 15) is 26.2 Å². The molecule has 8 heteroatoms. The molecule has 0 fully saturated rings. The van der Waals surface area contributed by atoms with Gasteiger partial charge in [0.15, 0.2) is 0 Å². The van der Waals surface area contributed by atoms with Gasteiger partial charge in [0.1, 0.15) is 0 Å². The molecule has 0 aromatic carbocycles. The smallest absolute Gasteiger partial charge is 0.320 e. The lowest BCUT2D eigenvalue weighted by Crippen LogP contribution is -2.35. The van der Waals surface area contributed by atoms with Gasteiger partial charge in [0.25, 0.3) is 0 Å². The third kappa shape index (κ3) is 8.42. The molecule has 0 radical (unpaired) electrons. The van der Waals surface area contributed by atoms with Gasteiger partial charge in [0.05, 0.1) is 10.8 Å². The summed E-state index contributed by atoms with van der Waals surface area (Å²) in [6.07, 6.45) is -2.36. The van der Waals surface area contributed by atoms with Crippen LogP contribution < -0.4 is 5.32 Å². The van der Waals surface area contributed by atoms with Crippen LogP contribution in [-0.4, -0.2) is 29.9 Å². The van der Waals surface area contributed by atoms with E-state index in [2.05, 4.69) is 5.32 Å². The average molecular weight is 319 g/mol. The molecule has 0 spiro atoms. The van der Waals surface area contributed by atoms with E-state index in [-0.39, 0.29) is 0 Å². The fourth-order valence-electron chi connectivity index (χ4n) is 1.18. The zero-order chi connectivity index (χ0) is 15.6. The second kappa shape index (κ2) is 9.23. The van der Waals surface area contributed by atoms with Gasteiger partial charge < -0.3 is 5.32 Å². The van der Waals surface area contributed by atoms with Crippen molar-refractivity contribution in [1.82, 2.24) is 5.32 Å². The SMILES string of the molecule is CNCCCCC=CS(=O)/C=C/CC(F)(F)C(F)(F)F. The van der Waals surface area contributed by atoms with Crippen molar-refractivity contribution in [3.63, 3.8) is 0 Å². The van der Waals surface area contributed by atoms with Crippen LogP contribution in [-0.2, 0) is 10.8 Å². The van der Waals surface area contributed by atoms with Gasteiger partial charge in [0.2, 0.25) is 0 Å². The van der Waals surface area contributed by atoms with Gasteiger partial charge in [-0.1, -0.05) is 12.2 Å². The van der Waals surface area contributed by atoms with Crippen molar-refractivity contribution in [2.75, 3.05) is 13.6 Å². The second-order valence-corrected chi connectivity index (χ2v) is 5.28. The quantitative estimate of drug-likeness (QED) is 0.518. The molecule has 0 aliphatic carbocycles. The van der Waals surface area contributed by atoms with Gasteiger partial charge >= 0.3 is 12.1 Å². The number of nitrogens with one attached hydrogen (secondary N) is 1. The van der Waals surface area contributed by atoms with Gasteiger partial charge in [-0.15, -0.1) is 0 Å². The largest absolute Gasteiger partial charge is 0.453 e. The molecule has 118 valence electrons. The summed E-state index contributed by atoms with van der Waals surface area (Å²) in [5, 5.41) is 5.08. The van der Waals surface area contributed by atoms with Crippen molar-refractivity contribution >= 4 is 10.8 Å². The van der Waals surface area contributed by atoms with Gasteiger partial charge in [-0.2, -0.15) is 22.0 Å². The fraction of sp³-hybridized carbons (Fsp3) is 0.667. The number of halogens is 5. The Balaban J connectivity index is 4.03. The number of allylic oxidation sites excluding steroid dienone is 2. The molecule has 1 N–H and O–H groups in total. The van der Waals surface area contributed by atoms with E-state index >= 15 is 0 Å². The highest BCUT2D eigenvalue weighted by Crippen LogP contribution is 2.38. The molecule has 1 unspecified atom stereocenters. The van der Waals surface area contributed by atoms with Crippen molar-refractivity contribution in [2.45, 2.75) is 37.8 Å². The molecular weight excluding hydrogens is 301 g/mol. The minimum atomic E-state index is -5.58. The topological polar surface area (TPSA) is 29.1 Å². The van der Waals surface area contributed by atoms with Crippen LogP contribution in [0.15, 0.2) is 23.0 Å². The Kier molecular flexibility index (Phi) is 8.88. The number of alkyl halides is 5. The molecule has 0 bridgehead atoms. The molecule has 1 atom stereocenters. The van der Waals surface area contributed by atoms with E-state index in [0.717, 1.165) is 24.8 Å². The van der Waals surface area contributed by atoms with Crippen LogP contribution in [0.5, 0.6) is 0 Å². The summed E-state index contributed by atoms with van der Waals surface area (Å²) in [5.74, 6) is -4.79. The van der Waals surface area contributed by atoms with E-state index in [0.29, 0.717) is 12.5 Å². The first-order valence-corrected chi connectivity index (χ1v) is 7.30. The van der Waals surface area contributed by atoms with Gasteiger partial charge in [-0.25, -0.2) is 0 Å². The van der Waals surface area contributed by atoms with Crippen LogP contribution >= 0.6 is 0 Å². The summed E-state index contributed by atoms with van der Waals surface area (Å²) in [6.45, 7) is 0.864. The summed E-state index contributed by atoms with van der Waals surface area (Å²) in [5.41, 5.74) is 0. The first-order chi connectivity index (χ1) is 9.20. The zero-order valence-corrected chi connectivity index (χ0v) is 11.9. The first-order valence-electron chi connectivity index (χ1n) is 6.02. The van der Waals surface area contributed by atoms with Gasteiger partial charge in [-0.3, -0.25) is 4.21 Å². The van der Waals surface area contributed by atoms with Gasteiger partial charge in [-0.05, 0) is 32.9 Å². The molecule has 0 saturated heterocycles. The summed E-state index contributed by atoms with van der Waals surface area (Å²) in [7, 11) is 0.160. The first kappa shape index (κ1) is 19.2. The molecule has 20 heavy (non-hydrogen) atoms. The maximum atomic E-state index is 12.5. The predicted molar refractivity (Wildman–Crippen MR) is 69.8 cm³/mol. The van der Waals surface area contributed by atoms with Crippen LogP contribution in [0.2, 0.25) is 0 Å². The predicted octanol–water partition coefficient (Wildman–Crippen LogP) is 3.74. The highest BCUT2D eigenvalue weighted by molar-refractivity contribution is 7.90. The Hall–Kier alpha value is -0.760. The Morgan fingerprint density at radius 2 is 1.65 bits per heavy atom. The molecule has 0 rings (SSSR count). The summed E-state index contributed by atoms with van der Waals surface area (Å²) in [6, 6.07) is 0. The lowest BCUT2D eigenvalue weighted by Gasteiger charge is -2.17. The molecule has 2 nitrogen and oxygen atoms in total. The standard InChI is InChI=1S/C12H18F5NOS/c1-18-8-4-2-3-5-9-20(19)10-6-7-11(13,14)12(15,16)17/h5-6,9-10,18H,2-4,7-8H2,1H3/b9-5?,10-6+. The molecule has 0 aromatic rings. The van der Waals surface area contributed by atoms with Crippen molar-refractivity contribution in [3.05, 3.63) is 23.0 Å². The number of hydrogen-bond acceptors (Lipinski definition) is 2. The van der Waals surface area contributed by atoms with Crippen molar-refractivity contribution in [2.24, 2.45) is 0 Å². The highest BCUT2D eigenvalue weighted by Gasteiger charge is 2.56. The Morgan fingerprint density at radius 1 is 1.05 bits per heavy atom. The maximum absolute atomic E-state index is 12.5. The van der Waals surface area contributed by atoms with Crippen LogP contribution in [0.3, 0.4) is 0 Å². The zero-order valence-electron chi connectivity index (χ0n) is 11.1. The summed E-state index contributed by atoms with van der Waals surface area (Å²) in [4.78, 5) is 0. The molecule has 0 aliphatic heterocycles. The number of rotatable bonds is 9. The molecule has 0 aliphatic rings. The molecule has 0 amide bonds. The minimum Gasteiger partial charge on any atom is -0.320 e. The van der Waals surface area contributed by atoms with Crippen LogP contribution in [0.1, 0.15) is 25.7 Å². The van der Waals surface area contributed by atoms with E-state index in [1.807, 2.05) is 7.05 Å². The molecule has 0 saturated carbocycles. The van der Waals surface area contributed by atoms with Crippen LogP contribution in [0.4, 0.5) is 22.0 Å². The summed E-state index contributed by atoms with van der Waals surface area (Å²) < 4.78 is 71.8. The van der Waals surface area contributed by atoms with Crippen molar-refractivity contribution in [3.8, 4) is 0 Å². The monoisotopic (exact) mass is 319 g/mol. The number of hydrogen-bond donors (Lipinski definition) is 1. The number of unbranched alkanes of at least 4 members (excludes halogenated alkanes) is 2. The highest BCUT2D eigenvalue weighted by atomic mass is 32.2. The third-order valence-corrected chi connectivity index (χ3v) is 3.22. The maximum Gasteiger partial charge on any atom is 0.453 e. The average Bonchev–Trinajstić information content (AvgIpc) is 2.32. The lowest BCUT2D eigenvalue weighted by molar-refractivity contribution is -0.280. The Morgan fingerprint density at radius 3 is 2.20 bits per heavy atom. The van der Waals surface area contributed by atoms with E-state index in [1.165, 1.54) is 5.41 Å². The van der Waals surface area contributed by atoms with Crippen molar-refractivity contribution < 1.29 is 26.2 Å². The van der Waals surface area contributed by atoms with E-state index in [1.54, 1.807) is 6.08 Å². The van der Waals surface area contributed by atoms with Crippen LogP contribution in [0, 0.1) is 0 Å². The second-order valence-electron chi connectivity index (χ2n) is 4.08. The van der Waals surface area contributed by atoms with Crippen molar-refractivity contribution in [1.29, 1.82) is 0 Å². The summed E-state index contributed by atoms with van der Waals surface area (Å²) >= 11 is 0. The van der Waals surface area contributed by atoms with E-state index in [4.69, 9.17) is 0 Å². The fourth-order valence-corrected chi connectivity index (χ4v) is 1.88. The Bertz CT molecular complexity index is 352. The lowest BCUT2D eigenvalue weighted by atomic mass is 10.2. The normalized spacial score (nSPS) is 15.3. The molecule has 0 aromatic heterocycles. The van der Waals surface area contributed by atoms with E-state index < -0.39 is 29.3 Å². The Labute approximate surface area is 117 Å². The molecule has 0 heterocycles. The van der Waals surface area contributed by atoms with Gasteiger partial charge in [0, 0.05) is 17.2 Å². The minimum absolute atomic E-state index is 0.592. The molecular formula is C12H18F5NOS. The third-order valence-electron chi connectivity index (χ3n) is 2.30.